The molecule has 7 heteroatoms. The molecule has 5 nitrogen and oxygen atoms in total. The summed E-state index contributed by atoms with van der Waals surface area (Å²) in [4.78, 5) is 15.8. The molecule has 2 rings (SSSR count). The van der Waals surface area contributed by atoms with Crippen LogP contribution >= 0.6 is 23.2 Å². The first-order valence-electron chi connectivity index (χ1n) is 5.59. The normalized spacial score (nSPS) is 10.7. The van der Waals surface area contributed by atoms with Crippen molar-refractivity contribution in [1.82, 2.24) is 14.6 Å². The number of nitrogens with zero attached hydrogens (tertiary/aromatic N) is 3. The van der Waals surface area contributed by atoms with Crippen molar-refractivity contribution in [2.75, 3.05) is 6.61 Å². The highest BCUT2D eigenvalue weighted by molar-refractivity contribution is 6.37. The third kappa shape index (κ3) is 2.43. The molecule has 0 fully saturated rings. The summed E-state index contributed by atoms with van der Waals surface area (Å²) in [6, 6.07) is 0. The number of hydrogen-bond donors (Lipinski definition) is 0. The first-order chi connectivity index (χ1) is 9.10. The number of allylic oxidation sites excluding steroid dienone is 1. The van der Waals surface area contributed by atoms with Crippen LogP contribution in [0.5, 0.6) is 0 Å². The van der Waals surface area contributed by atoms with Crippen molar-refractivity contribution in [3.63, 3.8) is 0 Å². The van der Waals surface area contributed by atoms with Gasteiger partial charge in [-0.1, -0.05) is 29.3 Å². The molecule has 0 aliphatic rings. The number of halogens is 2. The topological polar surface area (TPSA) is 56.5 Å². The zero-order chi connectivity index (χ0) is 14.0. The Morgan fingerprint density at radius 1 is 1.58 bits per heavy atom. The Labute approximate surface area is 119 Å². The maximum absolute atomic E-state index is 11.7. The number of ether oxygens (including phenoxy) is 1. The van der Waals surface area contributed by atoms with Crippen molar-refractivity contribution in [1.29, 1.82) is 0 Å². The van der Waals surface area contributed by atoms with Crippen LogP contribution in [-0.4, -0.2) is 27.2 Å². The summed E-state index contributed by atoms with van der Waals surface area (Å²) in [7, 11) is 0. The fraction of sp³-hybridized carbons (Fsp3) is 0.250. The minimum Gasteiger partial charge on any atom is -0.461 e. The van der Waals surface area contributed by atoms with Crippen LogP contribution in [0.1, 0.15) is 23.0 Å². The fourth-order valence-corrected chi connectivity index (χ4v) is 2.22. The second kappa shape index (κ2) is 5.59. The van der Waals surface area contributed by atoms with Gasteiger partial charge in [-0.05, 0) is 13.3 Å². The molecule has 0 bridgehead atoms. The van der Waals surface area contributed by atoms with E-state index in [-0.39, 0.29) is 17.5 Å². The van der Waals surface area contributed by atoms with Gasteiger partial charge in [0.2, 0.25) is 0 Å². The van der Waals surface area contributed by atoms with E-state index in [2.05, 4.69) is 16.7 Å². The molecule has 0 aliphatic heterocycles. The molecule has 0 radical (unpaired) electrons. The van der Waals surface area contributed by atoms with Gasteiger partial charge in [0.05, 0.1) is 17.8 Å². The molecule has 19 heavy (non-hydrogen) atoms. The molecule has 2 aromatic heterocycles. The average molecular weight is 300 g/mol. The lowest BCUT2D eigenvalue weighted by Gasteiger charge is -2.06. The van der Waals surface area contributed by atoms with Gasteiger partial charge in [0, 0.05) is 5.56 Å². The van der Waals surface area contributed by atoms with E-state index in [9.17, 15) is 4.79 Å². The van der Waals surface area contributed by atoms with E-state index >= 15 is 0 Å². The molecule has 100 valence electrons. The van der Waals surface area contributed by atoms with E-state index in [0.29, 0.717) is 22.7 Å². The highest BCUT2D eigenvalue weighted by Gasteiger charge is 2.19. The van der Waals surface area contributed by atoms with E-state index in [0.717, 1.165) is 0 Å². The largest absolute Gasteiger partial charge is 0.461 e. The Morgan fingerprint density at radius 2 is 2.32 bits per heavy atom. The molecule has 0 aromatic carbocycles. The quantitative estimate of drug-likeness (QED) is 0.643. The zero-order valence-corrected chi connectivity index (χ0v) is 11.7. The molecule has 0 atom stereocenters. The molecule has 0 spiro atoms. The summed E-state index contributed by atoms with van der Waals surface area (Å²) >= 11 is 12.3. The van der Waals surface area contributed by atoms with Gasteiger partial charge in [-0.25, -0.2) is 14.3 Å². The van der Waals surface area contributed by atoms with Crippen LogP contribution in [0.15, 0.2) is 18.9 Å². The van der Waals surface area contributed by atoms with Crippen LogP contribution < -0.4 is 0 Å². The lowest BCUT2D eigenvalue weighted by molar-refractivity contribution is 0.0516. The van der Waals surface area contributed by atoms with E-state index < -0.39 is 5.97 Å². The Kier molecular flexibility index (Phi) is 4.07. The van der Waals surface area contributed by atoms with E-state index in [4.69, 9.17) is 27.9 Å². The van der Waals surface area contributed by atoms with Gasteiger partial charge in [0.1, 0.15) is 0 Å². The molecular formula is C12H11Cl2N3O2. The number of carbonyl (C=O) groups is 1. The van der Waals surface area contributed by atoms with Crippen molar-refractivity contribution in [3.05, 3.63) is 40.3 Å². The van der Waals surface area contributed by atoms with Gasteiger partial charge < -0.3 is 4.74 Å². The monoisotopic (exact) mass is 299 g/mol. The Bertz CT molecular complexity index is 652. The summed E-state index contributed by atoms with van der Waals surface area (Å²) in [5.74, 6) is -0.522. The van der Waals surface area contributed by atoms with Crippen LogP contribution in [0.3, 0.4) is 0 Å². The fourth-order valence-electron chi connectivity index (χ4n) is 1.63. The predicted molar refractivity (Wildman–Crippen MR) is 72.9 cm³/mol. The van der Waals surface area contributed by atoms with Crippen LogP contribution in [0, 0.1) is 0 Å². The number of rotatable bonds is 4. The molecule has 0 amide bonds. The third-order valence-electron chi connectivity index (χ3n) is 2.47. The highest BCUT2D eigenvalue weighted by atomic mass is 35.5. The first kappa shape index (κ1) is 13.8. The summed E-state index contributed by atoms with van der Waals surface area (Å²) in [6.45, 7) is 5.61. The molecular weight excluding hydrogens is 289 g/mol. The van der Waals surface area contributed by atoms with Gasteiger partial charge >= 0.3 is 5.97 Å². The van der Waals surface area contributed by atoms with Gasteiger partial charge in [0.15, 0.2) is 16.5 Å². The lowest BCUT2D eigenvalue weighted by Crippen LogP contribution is -2.10. The van der Waals surface area contributed by atoms with Crippen molar-refractivity contribution in [3.8, 4) is 0 Å². The maximum Gasteiger partial charge on any atom is 0.358 e. The Morgan fingerprint density at radius 3 is 2.95 bits per heavy atom. The molecule has 0 N–H and O–H groups in total. The minimum atomic E-state index is -0.522. The smallest absolute Gasteiger partial charge is 0.358 e. The Hall–Kier alpha value is -1.59. The Balaban J connectivity index is 2.62. The highest BCUT2D eigenvalue weighted by Crippen LogP contribution is 2.27. The number of hydrogen-bond acceptors (Lipinski definition) is 4. The maximum atomic E-state index is 11.7. The molecule has 2 aromatic rings. The van der Waals surface area contributed by atoms with Crippen molar-refractivity contribution >= 4 is 34.8 Å². The van der Waals surface area contributed by atoms with E-state index in [1.54, 1.807) is 13.0 Å². The van der Waals surface area contributed by atoms with E-state index in [1.807, 2.05) is 0 Å². The molecule has 2 heterocycles. The summed E-state index contributed by atoms with van der Waals surface area (Å²) in [6.07, 6.45) is 3.50. The molecule has 0 saturated heterocycles. The first-order valence-corrected chi connectivity index (χ1v) is 6.35. The lowest BCUT2D eigenvalue weighted by atomic mass is 10.2. The minimum absolute atomic E-state index is 0.186. The molecule has 0 saturated carbocycles. The van der Waals surface area contributed by atoms with Crippen LogP contribution in [0.2, 0.25) is 10.2 Å². The number of fused-ring (bicyclic) bond motifs is 1. The summed E-state index contributed by atoms with van der Waals surface area (Å²) in [5.41, 5.74) is 1.18. The second-order valence-corrected chi connectivity index (χ2v) is 4.41. The molecule has 0 unspecified atom stereocenters. The van der Waals surface area contributed by atoms with Gasteiger partial charge in [-0.15, -0.1) is 6.58 Å². The SMILES string of the molecule is C=CCc1c(Cl)nn2c(C(=O)OCC)cnc2c1Cl. The van der Waals surface area contributed by atoms with Gasteiger partial charge in [-0.3, -0.25) is 0 Å². The van der Waals surface area contributed by atoms with E-state index in [1.165, 1.54) is 10.7 Å². The number of esters is 1. The van der Waals surface area contributed by atoms with Crippen molar-refractivity contribution < 1.29 is 9.53 Å². The van der Waals surface area contributed by atoms with Crippen molar-refractivity contribution in [2.24, 2.45) is 0 Å². The molecule has 0 aliphatic carbocycles. The zero-order valence-electron chi connectivity index (χ0n) is 10.2. The average Bonchev–Trinajstić information content (AvgIpc) is 2.78. The number of carbonyl (C=O) groups excluding carboxylic acids is 1. The number of imidazole rings is 1. The third-order valence-corrected chi connectivity index (χ3v) is 3.17. The standard InChI is InChI=1S/C12H11Cl2N3O2/c1-3-5-7-9(13)11-15-6-8(12(18)19-4-2)17(11)16-10(7)14/h3,6H,1,4-5H2,2H3. The van der Waals surface area contributed by atoms with Crippen LogP contribution in [-0.2, 0) is 11.2 Å². The predicted octanol–water partition coefficient (Wildman–Crippen LogP) is 2.94. The van der Waals surface area contributed by atoms with Gasteiger partial charge in [-0.2, -0.15) is 5.10 Å². The van der Waals surface area contributed by atoms with Crippen molar-refractivity contribution in [2.45, 2.75) is 13.3 Å². The summed E-state index contributed by atoms with van der Waals surface area (Å²) < 4.78 is 6.20. The second-order valence-electron chi connectivity index (χ2n) is 3.68. The van der Waals surface area contributed by atoms with Crippen LogP contribution in [0.4, 0.5) is 0 Å². The van der Waals surface area contributed by atoms with Gasteiger partial charge in [0.25, 0.3) is 0 Å². The summed E-state index contributed by atoms with van der Waals surface area (Å²) in [5, 5.41) is 4.67. The van der Waals surface area contributed by atoms with Crippen LogP contribution in [0.25, 0.3) is 5.65 Å². The number of aromatic nitrogens is 3.